The van der Waals surface area contributed by atoms with Crippen LogP contribution in [0, 0.1) is 11.6 Å². The maximum Gasteiger partial charge on any atom is 0.387 e. The number of rotatable bonds is 6. The zero-order valence-electron chi connectivity index (χ0n) is 13.7. The van der Waals surface area contributed by atoms with Crippen LogP contribution in [0.3, 0.4) is 0 Å². The van der Waals surface area contributed by atoms with Crippen LogP contribution in [0.15, 0.2) is 34.8 Å². The quantitative estimate of drug-likeness (QED) is 0.661. The Hall–Kier alpha value is -2.29. The highest BCUT2D eigenvalue weighted by atomic mass is 79.9. The highest BCUT2D eigenvalue weighted by molar-refractivity contribution is 9.10. The van der Waals surface area contributed by atoms with Crippen molar-refractivity contribution >= 4 is 21.8 Å². The van der Waals surface area contributed by atoms with Crippen molar-refractivity contribution in [2.45, 2.75) is 19.6 Å². The lowest BCUT2D eigenvalue weighted by molar-refractivity contribution is -0.0501. The van der Waals surface area contributed by atoms with Crippen LogP contribution in [-0.2, 0) is 0 Å². The summed E-state index contributed by atoms with van der Waals surface area (Å²) >= 11 is 3.30. The number of benzene rings is 2. The normalized spacial score (nSPS) is 12.0. The lowest BCUT2D eigenvalue weighted by Gasteiger charge is -2.16. The summed E-state index contributed by atoms with van der Waals surface area (Å²) in [5, 5.41) is 2.45. The molecule has 140 valence electrons. The molecule has 0 radical (unpaired) electrons. The Labute approximate surface area is 155 Å². The zero-order chi connectivity index (χ0) is 19.4. The number of halogens is 5. The van der Waals surface area contributed by atoms with Crippen molar-refractivity contribution in [3.8, 4) is 11.5 Å². The van der Waals surface area contributed by atoms with Crippen LogP contribution in [-0.4, -0.2) is 19.6 Å². The average Bonchev–Trinajstić information content (AvgIpc) is 2.53. The summed E-state index contributed by atoms with van der Waals surface area (Å²) in [4.78, 5) is 12.2. The number of carbonyl (C=O) groups excluding carboxylic acids is 1. The molecule has 4 nitrogen and oxygen atoms in total. The van der Waals surface area contributed by atoms with E-state index in [0.717, 1.165) is 0 Å². The van der Waals surface area contributed by atoms with Crippen LogP contribution < -0.4 is 14.8 Å². The van der Waals surface area contributed by atoms with Crippen molar-refractivity contribution in [3.63, 3.8) is 0 Å². The molecule has 0 fully saturated rings. The third-order valence-corrected chi connectivity index (χ3v) is 4.11. The number of hydrogen-bond acceptors (Lipinski definition) is 3. The predicted octanol–water partition coefficient (Wildman–Crippen LogP) is 4.83. The van der Waals surface area contributed by atoms with Gasteiger partial charge in [0.1, 0.15) is 28.7 Å². The minimum Gasteiger partial charge on any atom is -0.496 e. The molecule has 1 amide bonds. The fourth-order valence-electron chi connectivity index (χ4n) is 2.24. The topological polar surface area (TPSA) is 47.6 Å². The van der Waals surface area contributed by atoms with E-state index in [2.05, 4.69) is 26.0 Å². The summed E-state index contributed by atoms with van der Waals surface area (Å²) in [5.74, 6) is -3.76. The Balaban J connectivity index is 2.20. The van der Waals surface area contributed by atoms with Crippen molar-refractivity contribution < 1.29 is 31.8 Å². The highest BCUT2D eigenvalue weighted by Crippen LogP contribution is 2.28. The molecule has 2 rings (SSSR count). The van der Waals surface area contributed by atoms with Crippen LogP contribution in [0.5, 0.6) is 11.5 Å². The second kappa shape index (κ2) is 8.39. The largest absolute Gasteiger partial charge is 0.496 e. The molecule has 1 N–H and O–H groups in total. The maximum atomic E-state index is 14.0. The van der Waals surface area contributed by atoms with Gasteiger partial charge in [0.25, 0.3) is 5.91 Å². The molecule has 9 heteroatoms. The third kappa shape index (κ3) is 4.66. The van der Waals surface area contributed by atoms with E-state index in [-0.39, 0.29) is 0 Å². The molecule has 0 aliphatic carbocycles. The molecular formula is C17H14BrF4NO3. The molecule has 0 saturated heterocycles. The van der Waals surface area contributed by atoms with Gasteiger partial charge in [-0.3, -0.25) is 4.79 Å². The molecule has 0 aromatic heterocycles. The fraction of sp³-hybridized carbons (Fsp3) is 0.235. The summed E-state index contributed by atoms with van der Waals surface area (Å²) in [6.07, 6.45) is 0. The molecule has 0 aliphatic rings. The number of hydrogen-bond donors (Lipinski definition) is 1. The molecule has 0 saturated carbocycles. The Morgan fingerprint density at radius 3 is 2.27 bits per heavy atom. The smallest absolute Gasteiger partial charge is 0.387 e. The van der Waals surface area contributed by atoms with Gasteiger partial charge in [0.2, 0.25) is 0 Å². The minimum absolute atomic E-state index is 0.527. The summed E-state index contributed by atoms with van der Waals surface area (Å²) in [7, 11) is 1.50. The highest BCUT2D eigenvalue weighted by Gasteiger charge is 2.22. The fourth-order valence-corrected chi connectivity index (χ4v) is 2.80. The Morgan fingerprint density at radius 1 is 1.15 bits per heavy atom. The Kier molecular flexibility index (Phi) is 6.47. The Bertz CT molecular complexity index is 794. The predicted molar refractivity (Wildman–Crippen MR) is 89.6 cm³/mol. The second-order valence-electron chi connectivity index (χ2n) is 5.23. The second-order valence-corrected chi connectivity index (χ2v) is 6.08. The first-order valence-corrected chi connectivity index (χ1v) is 8.10. The molecule has 0 aliphatic heterocycles. The van der Waals surface area contributed by atoms with Crippen molar-refractivity contribution in [2.24, 2.45) is 0 Å². The lowest BCUT2D eigenvalue weighted by atomic mass is 10.1. The number of carbonyl (C=O) groups is 1. The van der Waals surface area contributed by atoms with Crippen molar-refractivity contribution in [1.29, 1.82) is 0 Å². The van der Waals surface area contributed by atoms with Crippen LogP contribution in [0.4, 0.5) is 17.6 Å². The van der Waals surface area contributed by atoms with E-state index < -0.39 is 41.5 Å². The van der Waals surface area contributed by atoms with E-state index in [1.54, 1.807) is 25.1 Å². The average molecular weight is 436 g/mol. The van der Waals surface area contributed by atoms with E-state index in [1.165, 1.54) is 7.11 Å². The van der Waals surface area contributed by atoms with Gasteiger partial charge in [0.05, 0.1) is 17.6 Å². The van der Waals surface area contributed by atoms with Crippen molar-refractivity contribution in [1.82, 2.24) is 5.32 Å². The Morgan fingerprint density at radius 2 is 1.77 bits per heavy atom. The van der Waals surface area contributed by atoms with Crippen LogP contribution >= 0.6 is 15.9 Å². The van der Waals surface area contributed by atoms with Gasteiger partial charge < -0.3 is 14.8 Å². The monoisotopic (exact) mass is 435 g/mol. The zero-order valence-corrected chi connectivity index (χ0v) is 15.2. The number of alkyl halides is 2. The first kappa shape index (κ1) is 20.0. The molecule has 0 heterocycles. The standard InChI is InChI=1S/C17H14BrF4NO3/c1-8(9-3-4-14(25-2)11(18)5-9)23-16(24)15-12(19)6-10(7-13(15)20)26-17(21)22/h3-8,17H,1-2H3,(H,23,24). The van der Waals surface area contributed by atoms with Crippen LogP contribution in [0.25, 0.3) is 0 Å². The van der Waals surface area contributed by atoms with Gasteiger partial charge in [-0.05, 0) is 40.5 Å². The number of nitrogens with one attached hydrogen (secondary N) is 1. The molecule has 2 aromatic rings. The van der Waals surface area contributed by atoms with Gasteiger partial charge >= 0.3 is 6.61 Å². The summed E-state index contributed by atoms with van der Waals surface area (Å²) in [6.45, 7) is -1.61. The van der Waals surface area contributed by atoms with Gasteiger partial charge in [-0.25, -0.2) is 8.78 Å². The van der Waals surface area contributed by atoms with Crippen LogP contribution in [0.2, 0.25) is 0 Å². The van der Waals surface area contributed by atoms with Gasteiger partial charge in [-0.1, -0.05) is 6.07 Å². The molecular weight excluding hydrogens is 422 g/mol. The molecule has 0 spiro atoms. The summed E-state index contributed by atoms with van der Waals surface area (Å²) in [5.41, 5.74) is -0.226. The molecule has 1 atom stereocenters. The van der Waals surface area contributed by atoms with Gasteiger partial charge in [-0.15, -0.1) is 0 Å². The summed E-state index contributed by atoms with van der Waals surface area (Å²) in [6, 6.07) is 5.51. The molecule has 26 heavy (non-hydrogen) atoms. The SMILES string of the molecule is COc1ccc(C(C)NC(=O)c2c(F)cc(OC(F)F)cc2F)cc1Br. The number of ether oxygens (including phenoxy) is 2. The van der Waals surface area contributed by atoms with E-state index in [9.17, 15) is 22.4 Å². The first-order valence-electron chi connectivity index (χ1n) is 7.31. The van der Waals surface area contributed by atoms with E-state index in [4.69, 9.17) is 4.74 Å². The van der Waals surface area contributed by atoms with Crippen molar-refractivity contribution in [2.75, 3.05) is 7.11 Å². The number of methoxy groups -OCH3 is 1. The molecule has 2 aromatic carbocycles. The molecule has 1 unspecified atom stereocenters. The van der Waals surface area contributed by atoms with E-state index in [1.807, 2.05) is 0 Å². The van der Waals surface area contributed by atoms with Crippen LogP contribution in [0.1, 0.15) is 28.9 Å². The van der Waals surface area contributed by atoms with Crippen molar-refractivity contribution in [3.05, 3.63) is 57.6 Å². The lowest BCUT2D eigenvalue weighted by Crippen LogP contribution is -2.28. The van der Waals surface area contributed by atoms with Gasteiger partial charge in [0.15, 0.2) is 0 Å². The summed E-state index contributed by atoms with van der Waals surface area (Å²) < 4.78 is 61.9. The van der Waals surface area contributed by atoms with Gasteiger partial charge in [0, 0.05) is 12.1 Å². The van der Waals surface area contributed by atoms with E-state index in [0.29, 0.717) is 27.9 Å². The molecule has 0 bridgehead atoms. The maximum absolute atomic E-state index is 14.0. The first-order chi connectivity index (χ1) is 12.2. The van der Waals surface area contributed by atoms with E-state index >= 15 is 0 Å². The number of amides is 1. The minimum atomic E-state index is -3.23. The van der Waals surface area contributed by atoms with Gasteiger partial charge in [-0.2, -0.15) is 8.78 Å². The third-order valence-electron chi connectivity index (χ3n) is 3.49.